The van der Waals surface area contributed by atoms with E-state index in [4.69, 9.17) is 58.5 Å². The van der Waals surface area contributed by atoms with Gasteiger partial charge in [-0.3, -0.25) is 0 Å². The highest BCUT2D eigenvalue weighted by Gasteiger charge is 2.35. The van der Waals surface area contributed by atoms with Gasteiger partial charge in [0.05, 0.1) is 19.3 Å². The lowest BCUT2D eigenvalue weighted by Gasteiger charge is -2.37. The van der Waals surface area contributed by atoms with Crippen LogP contribution in [0.1, 0.15) is 18.8 Å². The van der Waals surface area contributed by atoms with Gasteiger partial charge in [-0.05, 0) is 6.92 Å². The normalized spacial score (nSPS) is 24.6. The molecule has 5 atom stereocenters. The fourth-order valence-corrected chi connectivity index (χ4v) is 2.77. The first-order valence-corrected chi connectivity index (χ1v) is 9.98. The summed E-state index contributed by atoms with van der Waals surface area (Å²) in [5, 5.41) is 12.0. The first kappa shape index (κ1) is 24.4. The van der Waals surface area contributed by atoms with Crippen molar-refractivity contribution in [2.75, 3.05) is 26.9 Å². The predicted molar refractivity (Wildman–Crippen MR) is 107 cm³/mol. The molecule has 1 fully saturated rings. The third kappa shape index (κ3) is 8.07. The van der Waals surface area contributed by atoms with Crippen molar-refractivity contribution in [1.29, 1.82) is 0 Å². The molecular weight excluding hydrogens is 449 g/mol. The minimum absolute atomic E-state index is 0.233. The zero-order valence-electron chi connectivity index (χ0n) is 15.9. The highest BCUT2D eigenvalue weighted by molar-refractivity contribution is 6.67. The number of hydrogen-bond donors (Lipinski definition) is 2. The van der Waals surface area contributed by atoms with Crippen LogP contribution in [0.15, 0.2) is 30.3 Å². The quantitative estimate of drug-likeness (QED) is 0.444. The summed E-state index contributed by atoms with van der Waals surface area (Å²) in [7, 11) is 1.38. The Morgan fingerprint density at radius 3 is 2.59 bits per heavy atom. The summed E-state index contributed by atoms with van der Waals surface area (Å²) in [6.07, 6.45) is -3.21. The Bertz CT molecular complexity index is 632. The van der Waals surface area contributed by atoms with Crippen LogP contribution in [0.25, 0.3) is 0 Å². The molecule has 1 aromatic rings. The van der Waals surface area contributed by atoms with Crippen LogP contribution in [0.3, 0.4) is 0 Å². The molecule has 0 aromatic heterocycles. The minimum Gasteiger partial charge on any atom is -0.445 e. The molecule has 0 saturated carbocycles. The predicted octanol–water partition coefficient (Wildman–Crippen LogP) is 2.94. The Morgan fingerprint density at radius 2 is 2.03 bits per heavy atom. The van der Waals surface area contributed by atoms with E-state index in [1.54, 1.807) is 0 Å². The third-order valence-electron chi connectivity index (χ3n) is 4.08. The van der Waals surface area contributed by atoms with E-state index < -0.39 is 47.8 Å². The number of halogens is 3. The molecule has 1 aliphatic heterocycles. The fraction of sp³-hybridized carbons (Fsp3) is 0.611. The van der Waals surface area contributed by atoms with Crippen LogP contribution in [-0.4, -0.2) is 66.5 Å². The van der Waals surface area contributed by atoms with E-state index in [-0.39, 0.29) is 12.7 Å². The zero-order chi connectivity index (χ0) is 21.4. The van der Waals surface area contributed by atoms with E-state index in [1.165, 1.54) is 7.11 Å². The Morgan fingerprint density at radius 1 is 1.34 bits per heavy atom. The van der Waals surface area contributed by atoms with Gasteiger partial charge in [0.2, 0.25) is 3.79 Å². The van der Waals surface area contributed by atoms with Crippen LogP contribution in [0.4, 0.5) is 4.79 Å². The number of rotatable bonds is 8. The zero-order valence-corrected chi connectivity index (χ0v) is 18.2. The SMILES string of the molecule is CO[C@@H](OC1COC(c2ccccc2)O[C@H]1C)[C@H](CO)NC(=O)OCC(Cl)(Cl)Cl. The monoisotopic (exact) mass is 471 g/mol. The average Bonchev–Trinajstić information content (AvgIpc) is 2.70. The molecule has 1 amide bonds. The molecule has 1 saturated heterocycles. The van der Waals surface area contributed by atoms with Crippen molar-refractivity contribution in [3.05, 3.63) is 35.9 Å². The largest absolute Gasteiger partial charge is 0.445 e. The number of hydrogen-bond acceptors (Lipinski definition) is 7. The number of aliphatic hydroxyl groups is 1. The maximum atomic E-state index is 11.9. The number of carbonyl (C=O) groups excluding carboxylic acids is 1. The van der Waals surface area contributed by atoms with Gasteiger partial charge >= 0.3 is 6.09 Å². The van der Waals surface area contributed by atoms with Crippen molar-refractivity contribution >= 4 is 40.9 Å². The van der Waals surface area contributed by atoms with Gasteiger partial charge < -0.3 is 34.1 Å². The summed E-state index contributed by atoms with van der Waals surface area (Å²) in [6.45, 7) is 1.14. The van der Waals surface area contributed by atoms with E-state index in [2.05, 4.69) is 5.32 Å². The first-order chi connectivity index (χ1) is 13.7. The summed E-state index contributed by atoms with van der Waals surface area (Å²) in [5.74, 6) is 0. The number of carbonyl (C=O) groups is 1. The minimum atomic E-state index is -1.75. The first-order valence-electron chi connectivity index (χ1n) is 8.84. The van der Waals surface area contributed by atoms with Gasteiger partial charge in [-0.2, -0.15) is 0 Å². The Labute approximate surface area is 184 Å². The van der Waals surface area contributed by atoms with Crippen LogP contribution in [0.2, 0.25) is 0 Å². The number of aliphatic hydroxyl groups excluding tert-OH is 1. The molecule has 29 heavy (non-hydrogen) atoms. The number of methoxy groups -OCH3 is 1. The number of amides is 1. The highest BCUT2D eigenvalue weighted by Crippen LogP contribution is 2.28. The molecule has 0 aliphatic carbocycles. The molecule has 164 valence electrons. The molecule has 2 unspecified atom stereocenters. The van der Waals surface area contributed by atoms with E-state index in [0.717, 1.165) is 5.56 Å². The van der Waals surface area contributed by atoms with Crippen molar-refractivity contribution in [3.8, 4) is 0 Å². The lowest BCUT2D eigenvalue weighted by atomic mass is 10.1. The molecule has 1 aliphatic rings. The van der Waals surface area contributed by atoms with Crippen molar-refractivity contribution in [2.45, 2.75) is 41.5 Å². The fourth-order valence-electron chi connectivity index (χ4n) is 2.60. The van der Waals surface area contributed by atoms with Gasteiger partial charge in [0.1, 0.15) is 18.8 Å². The van der Waals surface area contributed by atoms with Gasteiger partial charge in [0.25, 0.3) is 0 Å². The summed E-state index contributed by atoms with van der Waals surface area (Å²) in [6, 6.07) is 8.59. The van der Waals surface area contributed by atoms with E-state index >= 15 is 0 Å². The maximum Gasteiger partial charge on any atom is 0.407 e. The lowest BCUT2D eigenvalue weighted by molar-refractivity contribution is -0.292. The molecule has 8 nitrogen and oxygen atoms in total. The molecule has 2 N–H and O–H groups in total. The maximum absolute atomic E-state index is 11.9. The number of ether oxygens (including phenoxy) is 5. The summed E-state index contributed by atoms with van der Waals surface area (Å²) in [4.78, 5) is 11.9. The third-order valence-corrected chi connectivity index (χ3v) is 4.41. The number of nitrogens with one attached hydrogen (secondary N) is 1. The Kier molecular flexibility index (Phi) is 9.71. The Hall–Kier alpha value is -0.840. The second-order valence-corrected chi connectivity index (χ2v) is 8.84. The topological polar surface area (TPSA) is 95.5 Å². The van der Waals surface area contributed by atoms with Crippen molar-refractivity contribution in [2.24, 2.45) is 0 Å². The Balaban J connectivity index is 1.89. The average molecular weight is 473 g/mol. The molecule has 11 heteroatoms. The summed E-state index contributed by atoms with van der Waals surface area (Å²) in [5.41, 5.74) is 0.896. The van der Waals surface area contributed by atoms with Gasteiger partial charge in [-0.1, -0.05) is 65.1 Å². The van der Waals surface area contributed by atoms with Crippen LogP contribution in [0, 0.1) is 0 Å². The molecule has 1 aromatic carbocycles. The van der Waals surface area contributed by atoms with Crippen LogP contribution in [0.5, 0.6) is 0 Å². The van der Waals surface area contributed by atoms with Crippen molar-refractivity contribution in [3.63, 3.8) is 0 Å². The van der Waals surface area contributed by atoms with E-state index in [0.29, 0.717) is 0 Å². The van der Waals surface area contributed by atoms with Crippen LogP contribution >= 0.6 is 34.8 Å². The van der Waals surface area contributed by atoms with Gasteiger partial charge in [0, 0.05) is 12.7 Å². The van der Waals surface area contributed by atoms with E-state index in [1.807, 2.05) is 37.3 Å². The lowest BCUT2D eigenvalue weighted by Crippen LogP contribution is -2.52. The molecule has 0 radical (unpaired) electrons. The smallest absolute Gasteiger partial charge is 0.407 e. The number of alkyl carbamates (subject to hydrolysis) is 1. The number of benzene rings is 1. The molecule has 2 rings (SSSR count). The summed E-state index contributed by atoms with van der Waals surface area (Å²) >= 11 is 16.6. The molecular formula is C18H24Cl3NO7. The standard InChI is InChI=1S/C18H24Cl3NO7/c1-11-14(9-26-15(28-11)12-6-4-3-5-7-12)29-16(25-2)13(8-23)22-17(24)27-10-18(19,20)21/h3-7,11,13-16,23H,8-10H2,1-2H3,(H,22,24)/t11-,13-,14?,15?,16-/m0/s1. The molecule has 0 spiro atoms. The summed E-state index contributed by atoms with van der Waals surface area (Å²) < 4.78 is 25.8. The second kappa shape index (κ2) is 11.5. The highest BCUT2D eigenvalue weighted by atomic mass is 35.6. The van der Waals surface area contributed by atoms with Gasteiger partial charge in [-0.15, -0.1) is 0 Å². The van der Waals surface area contributed by atoms with Gasteiger partial charge in [0.15, 0.2) is 12.6 Å². The molecule has 1 heterocycles. The van der Waals surface area contributed by atoms with Crippen LogP contribution < -0.4 is 5.32 Å². The van der Waals surface area contributed by atoms with Crippen molar-refractivity contribution in [1.82, 2.24) is 5.32 Å². The van der Waals surface area contributed by atoms with E-state index in [9.17, 15) is 9.90 Å². The number of alkyl halides is 3. The second-order valence-electron chi connectivity index (χ2n) is 6.32. The van der Waals surface area contributed by atoms with Gasteiger partial charge in [-0.25, -0.2) is 4.79 Å². The van der Waals surface area contributed by atoms with Crippen LogP contribution in [-0.2, 0) is 23.7 Å². The molecule has 0 bridgehead atoms. The van der Waals surface area contributed by atoms with Crippen molar-refractivity contribution < 1.29 is 33.6 Å².